The van der Waals surface area contributed by atoms with Crippen molar-refractivity contribution in [1.82, 2.24) is 24.7 Å². The van der Waals surface area contributed by atoms with E-state index in [-0.39, 0.29) is 29.4 Å². The number of amides is 1. The molecule has 1 amide bonds. The molecule has 1 aromatic carbocycles. The lowest BCUT2D eigenvalue weighted by Crippen LogP contribution is -2.34. The smallest absolute Gasteiger partial charge is 0.287 e. The Kier molecular flexibility index (Phi) is 5.70. The SMILES string of the molecule is Cc1cc(-c2ncc3nc(C(C)(F)F)ccc3n2)ccc1N1CCOc2c(C(C)(C)O)nn(C)c2C1=O. The van der Waals surface area contributed by atoms with Crippen molar-refractivity contribution in [3.8, 4) is 17.1 Å². The van der Waals surface area contributed by atoms with Crippen molar-refractivity contribution in [2.75, 3.05) is 18.1 Å². The van der Waals surface area contributed by atoms with Crippen LogP contribution in [0.1, 0.15) is 48.2 Å². The minimum atomic E-state index is -3.05. The van der Waals surface area contributed by atoms with E-state index in [0.717, 1.165) is 12.5 Å². The van der Waals surface area contributed by atoms with Gasteiger partial charge in [-0.05, 0) is 56.7 Å². The van der Waals surface area contributed by atoms with Gasteiger partial charge >= 0.3 is 0 Å². The molecule has 0 unspecified atom stereocenters. The highest BCUT2D eigenvalue weighted by atomic mass is 19.3. The molecule has 0 saturated carbocycles. The van der Waals surface area contributed by atoms with Gasteiger partial charge in [0.25, 0.3) is 11.8 Å². The van der Waals surface area contributed by atoms with E-state index in [1.54, 1.807) is 31.9 Å². The van der Waals surface area contributed by atoms with E-state index in [2.05, 4.69) is 20.1 Å². The van der Waals surface area contributed by atoms with Crippen molar-refractivity contribution in [2.45, 2.75) is 39.2 Å². The molecule has 0 atom stereocenters. The van der Waals surface area contributed by atoms with Crippen LogP contribution in [0.15, 0.2) is 36.5 Å². The highest BCUT2D eigenvalue weighted by Crippen LogP contribution is 2.36. The van der Waals surface area contributed by atoms with Crippen molar-refractivity contribution in [1.29, 1.82) is 0 Å². The Bertz CT molecular complexity index is 1540. The molecule has 11 heteroatoms. The fraction of sp³-hybridized carbons (Fsp3) is 0.346. The van der Waals surface area contributed by atoms with Gasteiger partial charge in [-0.3, -0.25) is 9.48 Å². The second-order valence-corrected chi connectivity index (χ2v) is 9.70. The number of anilines is 1. The molecule has 192 valence electrons. The number of hydrogen-bond donors (Lipinski definition) is 1. The highest BCUT2D eigenvalue weighted by molar-refractivity contribution is 6.07. The summed E-state index contributed by atoms with van der Waals surface area (Å²) in [5.41, 5.74) is 1.90. The first kappa shape index (κ1) is 24.7. The van der Waals surface area contributed by atoms with Gasteiger partial charge in [0.05, 0.1) is 18.3 Å². The van der Waals surface area contributed by atoms with Gasteiger partial charge in [-0.25, -0.2) is 15.0 Å². The number of fused-ring (bicyclic) bond motifs is 2. The van der Waals surface area contributed by atoms with Crippen LogP contribution in [0, 0.1) is 6.92 Å². The molecule has 0 aliphatic carbocycles. The number of aryl methyl sites for hydroxylation is 2. The van der Waals surface area contributed by atoms with E-state index in [1.165, 1.54) is 23.0 Å². The number of hydrogen-bond acceptors (Lipinski definition) is 7. The Hall–Kier alpha value is -3.99. The Balaban J connectivity index is 1.48. The standard InChI is InChI=1S/C26H26F2N6O3/c1-14-12-15(23-29-13-17-16(31-23)7-9-19(30-17)26(4,27)28)6-8-18(14)34-10-11-37-21-20(24(34)35)33(5)32-22(21)25(2,3)36/h6-9,12-13,36H,10-11H2,1-5H3. The van der Waals surface area contributed by atoms with Crippen molar-refractivity contribution in [3.63, 3.8) is 0 Å². The number of rotatable bonds is 4. The van der Waals surface area contributed by atoms with Gasteiger partial charge in [-0.2, -0.15) is 13.9 Å². The van der Waals surface area contributed by atoms with Crippen LogP contribution < -0.4 is 9.64 Å². The number of benzene rings is 1. The molecule has 1 aliphatic rings. The van der Waals surface area contributed by atoms with Gasteiger partial charge in [0.1, 0.15) is 29.1 Å². The number of carbonyl (C=O) groups is 1. The van der Waals surface area contributed by atoms with Crippen LogP contribution in [-0.2, 0) is 18.6 Å². The van der Waals surface area contributed by atoms with Gasteiger partial charge in [-0.15, -0.1) is 0 Å². The van der Waals surface area contributed by atoms with Gasteiger partial charge in [0.2, 0.25) is 0 Å². The van der Waals surface area contributed by atoms with E-state index in [4.69, 9.17) is 4.74 Å². The number of aromatic nitrogens is 5. The topological polar surface area (TPSA) is 106 Å². The maximum absolute atomic E-state index is 13.6. The summed E-state index contributed by atoms with van der Waals surface area (Å²) in [6.07, 6.45) is 1.43. The molecule has 4 aromatic rings. The minimum Gasteiger partial charge on any atom is -0.487 e. The fourth-order valence-corrected chi connectivity index (χ4v) is 4.38. The third kappa shape index (κ3) is 4.39. The number of pyridine rings is 1. The van der Waals surface area contributed by atoms with Crippen molar-refractivity contribution in [2.24, 2.45) is 7.05 Å². The van der Waals surface area contributed by atoms with Crippen molar-refractivity contribution < 1.29 is 23.4 Å². The van der Waals surface area contributed by atoms with Gasteiger partial charge in [-0.1, -0.05) is 0 Å². The minimum absolute atomic E-state index is 0.230. The molecule has 3 aromatic heterocycles. The third-order valence-electron chi connectivity index (χ3n) is 6.23. The first-order valence-corrected chi connectivity index (χ1v) is 11.7. The lowest BCUT2D eigenvalue weighted by atomic mass is 10.0. The van der Waals surface area contributed by atoms with E-state index in [9.17, 15) is 18.7 Å². The molecule has 4 heterocycles. The maximum Gasteiger partial charge on any atom is 0.287 e. The normalized spacial score (nSPS) is 14.5. The molecule has 1 aliphatic heterocycles. The number of halogens is 2. The largest absolute Gasteiger partial charge is 0.487 e. The first-order chi connectivity index (χ1) is 17.3. The molecular formula is C26H26F2N6O3. The average molecular weight is 509 g/mol. The Morgan fingerprint density at radius 1 is 1.08 bits per heavy atom. The molecule has 5 rings (SSSR count). The predicted molar refractivity (Wildman–Crippen MR) is 133 cm³/mol. The molecule has 0 bridgehead atoms. The van der Waals surface area contributed by atoms with Crippen LogP contribution in [0.3, 0.4) is 0 Å². The van der Waals surface area contributed by atoms with E-state index >= 15 is 0 Å². The van der Waals surface area contributed by atoms with Crippen LogP contribution in [0.2, 0.25) is 0 Å². The highest BCUT2D eigenvalue weighted by Gasteiger charge is 2.36. The number of ether oxygens (including phenoxy) is 1. The second kappa shape index (κ2) is 8.55. The molecule has 9 nitrogen and oxygen atoms in total. The zero-order valence-corrected chi connectivity index (χ0v) is 21.1. The Labute approximate surface area is 211 Å². The molecule has 0 radical (unpaired) electrons. The van der Waals surface area contributed by atoms with E-state index in [1.807, 2.05) is 19.1 Å². The summed E-state index contributed by atoms with van der Waals surface area (Å²) < 4.78 is 34.5. The number of nitrogens with zero attached hydrogens (tertiary/aromatic N) is 6. The lowest BCUT2D eigenvalue weighted by Gasteiger charge is -2.22. The Morgan fingerprint density at radius 3 is 2.51 bits per heavy atom. The van der Waals surface area contributed by atoms with Crippen molar-refractivity contribution in [3.05, 3.63) is 59.2 Å². The van der Waals surface area contributed by atoms with E-state index in [0.29, 0.717) is 40.6 Å². The summed E-state index contributed by atoms with van der Waals surface area (Å²) in [5.74, 6) is -2.64. The van der Waals surface area contributed by atoms with Gasteiger partial charge < -0.3 is 14.7 Å². The van der Waals surface area contributed by atoms with Crippen molar-refractivity contribution >= 4 is 22.6 Å². The third-order valence-corrected chi connectivity index (χ3v) is 6.23. The molecule has 0 spiro atoms. The van der Waals surface area contributed by atoms with Crippen LogP contribution >= 0.6 is 0 Å². The fourth-order valence-electron chi connectivity index (χ4n) is 4.38. The lowest BCUT2D eigenvalue weighted by molar-refractivity contribution is 0.0131. The zero-order valence-electron chi connectivity index (χ0n) is 21.1. The number of carbonyl (C=O) groups excluding carboxylic acids is 1. The molecule has 0 saturated heterocycles. The van der Waals surface area contributed by atoms with Crippen LogP contribution in [0.5, 0.6) is 5.75 Å². The molecular weight excluding hydrogens is 482 g/mol. The summed E-state index contributed by atoms with van der Waals surface area (Å²) >= 11 is 0. The monoisotopic (exact) mass is 508 g/mol. The number of aliphatic hydroxyl groups is 1. The van der Waals surface area contributed by atoms with E-state index < -0.39 is 11.5 Å². The summed E-state index contributed by atoms with van der Waals surface area (Å²) in [6, 6.07) is 8.25. The quantitative estimate of drug-likeness (QED) is 0.442. The molecule has 0 fully saturated rings. The first-order valence-electron chi connectivity index (χ1n) is 11.7. The summed E-state index contributed by atoms with van der Waals surface area (Å²) in [6.45, 7) is 6.40. The molecule has 37 heavy (non-hydrogen) atoms. The zero-order chi connectivity index (χ0) is 26.7. The predicted octanol–water partition coefficient (Wildman–Crippen LogP) is 4.11. The number of alkyl halides is 2. The summed E-state index contributed by atoms with van der Waals surface area (Å²) in [5, 5.41) is 14.8. The van der Waals surface area contributed by atoms with Crippen LogP contribution in [0.4, 0.5) is 14.5 Å². The summed E-state index contributed by atoms with van der Waals surface area (Å²) in [7, 11) is 1.64. The second-order valence-electron chi connectivity index (χ2n) is 9.70. The summed E-state index contributed by atoms with van der Waals surface area (Å²) in [4.78, 5) is 28.0. The Morgan fingerprint density at radius 2 is 1.84 bits per heavy atom. The molecule has 1 N–H and O–H groups in total. The van der Waals surface area contributed by atoms with Crippen LogP contribution in [-0.4, -0.2) is 48.9 Å². The maximum atomic E-state index is 13.6. The average Bonchev–Trinajstić information content (AvgIpc) is 3.07. The van der Waals surface area contributed by atoms with Crippen LogP contribution in [0.25, 0.3) is 22.4 Å². The van der Waals surface area contributed by atoms with Gasteiger partial charge in [0.15, 0.2) is 17.3 Å². The van der Waals surface area contributed by atoms with Gasteiger partial charge in [0, 0.05) is 25.2 Å².